The summed E-state index contributed by atoms with van der Waals surface area (Å²) < 4.78 is 12.0. The molecule has 0 unspecified atom stereocenters. The highest BCUT2D eigenvalue weighted by Gasteiger charge is 2.30. The minimum atomic E-state index is -2.79. The summed E-state index contributed by atoms with van der Waals surface area (Å²) in [6, 6.07) is 0. The Labute approximate surface area is 42.0 Å². The summed E-state index contributed by atoms with van der Waals surface area (Å²) >= 11 is 0. The Kier molecular flexibility index (Phi) is 0.970. The first kappa shape index (κ1) is 5.25. The molecule has 4 N–H and O–H groups in total. The molecular weight excluding hydrogens is 113 g/mol. The molecule has 4 nitrogen and oxygen atoms in total. The molecule has 1 fully saturated rings. The van der Waals surface area contributed by atoms with Gasteiger partial charge in [-0.15, -0.1) is 0 Å². The van der Waals surface area contributed by atoms with Gasteiger partial charge in [-0.05, 0) is 0 Å². The van der Waals surface area contributed by atoms with Gasteiger partial charge in [-0.25, -0.2) is 4.67 Å². The third kappa shape index (κ3) is 1.24. The maximum atomic E-state index is 10.5. The molecule has 0 amide bonds. The van der Waals surface area contributed by atoms with Gasteiger partial charge in [-0.3, -0.25) is 15.6 Å². The number of hydrogen-bond acceptors (Lipinski definition) is 1. The van der Waals surface area contributed by atoms with Crippen LogP contribution < -0.4 is 11.0 Å². The van der Waals surface area contributed by atoms with Gasteiger partial charge < -0.3 is 0 Å². The first-order valence-electron chi connectivity index (χ1n) is 2.03. The van der Waals surface area contributed by atoms with E-state index in [1.54, 1.807) is 4.67 Å². The summed E-state index contributed by atoms with van der Waals surface area (Å²) in [6.45, 7) is 1.59. The van der Waals surface area contributed by atoms with Crippen molar-refractivity contribution in [2.45, 2.75) is 0 Å². The van der Waals surface area contributed by atoms with Crippen molar-refractivity contribution in [2.24, 2.45) is 11.0 Å². The molecule has 1 saturated heterocycles. The van der Waals surface area contributed by atoms with Crippen molar-refractivity contribution >= 4 is 7.59 Å². The average Bonchev–Trinajstić information content (AvgIpc) is 1.99. The maximum Gasteiger partial charge on any atom is 0.276 e. The molecule has 0 aromatic carbocycles. The third-order valence-electron chi connectivity index (χ3n) is 0.866. The van der Waals surface area contributed by atoms with Crippen LogP contribution in [0.1, 0.15) is 0 Å². The molecule has 0 bridgehead atoms. The predicted octanol–water partition coefficient (Wildman–Crippen LogP) is -0.672. The lowest BCUT2D eigenvalue weighted by Gasteiger charge is -2.02. The average molecular weight is 121 g/mol. The summed E-state index contributed by atoms with van der Waals surface area (Å²) in [7, 11) is -2.79. The van der Waals surface area contributed by atoms with Gasteiger partial charge in [0.15, 0.2) is 0 Å². The molecular formula is C2H8N3OP. The molecule has 42 valence electrons. The zero-order valence-corrected chi connectivity index (χ0v) is 4.77. The smallest absolute Gasteiger partial charge is 0.271 e. The van der Waals surface area contributed by atoms with Crippen LogP contribution >= 0.6 is 7.59 Å². The third-order valence-corrected chi connectivity index (χ3v) is 2.15. The van der Waals surface area contributed by atoms with Crippen LogP contribution in [0.4, 0.5) is 0 Å². The lowest BCUT2D eigenvalue weighted by molar-refractivity contribution is 0.552. The fourth-order valence-corrected chi connectivity index (χ4v) is 1.07. The van der Waals surface area contributed by atoms with Gasteiger partial charge in [-0.2, -0.15) is 0 Å². The Balaban J connectivity index is 2.52. The fourth-order valence-electron chi connectivity index (χ4n) is 0.357. The van der Waals surface area contributed by atoms with Crippen LogP contribution in [-0.4, -0.2) is 17.8 Å². The molecule has 0 atom stereocenters. The van der Waals surface area contributed by atoms with E-state index in [4.69, 9.17) is 11.0 Å². The van der Waals surface area contributed by atoms with Crippen molar-refractivity contribution in [3.63, 3.8) is 0 Å². The van der Waals surface area contributed by atoms with E-state index in [9.17, 15) is 4.57 Å². The summed E-state index contributed by atoms with van der Waals surface area (Å²) in [5.74, 6) is 0. The van der Waals surface area contributed by atoms with Crippen molar-refractivity contribution in [2.75, 3.05) is 13.1 Å². The lowest BCUT2D eigenvalue weighted by atomic mass is 11.0. The maximum absolute atomic E-state index is 10.5. The molecule has 1 aliphatic heterocycles. The first-order valence-corrected chi connectivity index (χ1v) is 3.83. The molecule has 1 rings (SSSR count). The van der Waals surface area contributed by atoms with Crippen molar-refractivity contribution in [1.29, 1.82) is 0 Å². The topological polar surface area (TPSA) is 72.1 Å². The second-order valence-corrected chi connectivity index (χ2v) is 3.54. The SMILES string of the molecule is NP(N)(=O)N1CC1. The van der Waals surface area contributed by atoms with E-state index in [-0.39, 0.29) is 0 Å². The molecule has 5 heteroatoms. The van der Waals surface area contributed by atoms with Crippen molar-refractivity contribution in [1.82, 2.24) is 4.67 Å². The van der Waals surface area contributed by atoms with Gasteiger partial charge in [0.1, 0.15) is 0 Å². The molecule has 0 aromatic heterocycles. The zero-order chi connectivity index (χ0) is 5.49. The van der Waals surface area contributed by atoms with Gasteiger partial charge in [-0.1, -0.05) is 0 Å². The van der Waals surface area contributed by atoms with Crippen LogP contribution in [0.25, 0.3) is 0 Å². The first-order chi connectivity index (χ1) is 3.11. The second kappa shape index (κ2) is 1.29. The fraction of sp³-hybridized carbons (Fsp3) is 1.00. The van der Waals surface area contributed by atoms with Crippen LogP contribution in [0.2, 0.25) is 0 Å². The molecule has 1 heterocycles. The highest BCUT2D eigenvalue weighted by atomic mass is 31.2. The van der Waals surface area contributed by atoms with E-state index in [1.807, 2.05) is 0 Å². The number of nitrogens with zero attached hydrogens (tertiary/aromatic N) is 1. The lowest BCUT2D eigenvalue weighted by Crippen LogP contribution is -2.11. The van der Waals surface area contributed by atoms with E-state index < -0.39 is 7.59 Å². The standard InChI is InChI=1S/C2H8N3OP/c3-7(4,6)5-1-2-5/h1-2H2,(H4,3,4,6). The van der Waals surface area contributed by atoms with Gasteiger partial charge in [0.2, 0.25) is 0 Å². The van der Waals surface area contributed by atoms with Crippen LogP contribution in [0.3, 0.4) is 0 Å². The predicted molar refractivity (Wildman–Crippen MR) is 27.6 cm³/mol. The Morgan fingerprint density at radius 3 is 1.86 bits per heavy atom. The molecule has 0 spiro atoms. The Morgan fingerprint density at radius 1 is 1.43 bits per heavy atom. The highest BCUT2D eigenvalue weighted by Crippen LogP contribution is 2.37. The molecule has 1 aliphatic rings. The van der Waals surface area contributed by atoms with Crippen molar-refractivity contribution in [3.8, 4) is 0 Å². The minimum absolute atomic E-state index is 0.796. The molecule has 0 radical (unpaired) electrons. The number of hydrogen-bond donors (Lipinski definition) is 2. The number of rotatable bonds is 1. The molecule has 0 saturated carbocycles. The van der Waals surface area contributed by atoms with Crippen LogP contribution in [0.5, 0.6) is 0 Å². The summed E-state index contributed by atoms with van der Waals surface area (Å²) in [4.78, 5) is 0. The van der Waals surface area contributed by atoms with Crippen molar-refractivity contribution < 1.29 is 4.57 Å². The van der Waals surface area contributed by atoms with E-state index in [0.29, 0.717) is 0 Å². The summed E-state index contributed by atoms with van der Waals surface area (Å²) in [6.07, 6.45) is 0. The molecule has 0 aromatic rings. The summed E-state index contributed by atoms with van der Waals surface area (Å²) in [5.41, 5.74) is 10.0. The zero-order valence-electron chi connectivity index (χ0n) is 3.87. The Hall–Kier alpha value is 0.110. The van der Waals surface area contributed by atoms with Gasteiger partial charge in [0, 0.05) is 13.1 Å². The van der Waals surface area contributed by atoms with Gasteiger partial charge in [0.05, 0.1) is 0 Å². The second-order valence-electron chi connectivity index (χ2n) is 1.63. The summed E-state index contributed by atoms with van der Waals surface area (Å²) in [5, 5.41) is 0. The van der Waals surface area contributed by atoms with E-state index in [1.165, 1.54) is 0 Å². The normalized spacial score (nSPS) is 22.6. The molecule has 0 aliphatic carbocycles. The number of nitrogens with two attached hydrogens (primary N) is 2. The van der Waals surface area contributed by atoms with Gasteiger partial charge >= 0.3 is 0 Å². The highest BCUT2D eigenvalue weighted by molar-refractivity contribution is 7.56. The quantitative estimate of drug-likeness (QED) is 0.356. The Morgan fingerprint density at radius 2 is 1.86 bits per heavy atom. The largest absolute Gasteiger partial charge is 0.276 e. The molecule has 7 heavy (non-hydrogen) atoms. The Bertz CT molecular complexity index is 114. The van der Waals surface area contributed by atoms with E-state index in [0.717, 1.165) is 13.1 Å². The minimum Gasteiger partial charge on any atom is -0.271 e. The monoisotopic (exact) mass is 121 g/mol. The van der Waals surface area contributed by atoms with E-state index in [2.05, 4.69) is 0 Å². The van der Waals surface area contributed by atoms with Crippen molar-refractivity contribution in [3.05, 3.63) is 0 Å². The van der Waals surface area contributed by atoms with Crippen LogP contribution in [0, 0.1) is 0 Å². The van der Waals surface area contributed by atoms with Gasteiger partial charge in [0.25, 0.3) is 7.59 Å². The van der Waals surface area contributed by atoms with Crippen LogP contribution in [0.15, 0.2) is 0 Å². The van der Waals surface area contributed by atoms with Crippen LogP contribution in [-0.2, 0) is 4.57 Å². The van der Waals surface area contributed by atoms with E-state index >= 15 is 0 Å².